The average Bonchev–Trinajstić information content (AvgIpc) is 2.38. The molecule has 0 saturated heterocycles. The molecule has 4 nitrogen and oxygen atoms in total. The van der Waals surface area contributed by atoms with E-state index in [1.165, 1.54) is 6.07 Å². The molecule has 114 valence electrons. The van der Waals surface area contributed by atoms with Crippen LogP contribution < -0.4 is 10.5 Å². The molecule has 0 aliphatic heterocycles. The Labute approximate surface area is 117 Å². The van der Waals surface area contributed by atoms with E-state index >= 15 is 0 Å². The summed E-state index contributed by atoms with van der Waals surface area (Å²) in [5.74, 6) is 0.177. The Morgan fingerprint density at radius 1 is 1.30 bits per heavy atom. The molecule has 1 rings (SSSR count). The number of hydrogen-bond acceptors (Lipinski definition) is 4. The lowest BCUT2D eigenvalue weighted by Crippen LogP contribution is -2.16. The first-order valence-corrected chi connectivity index (χ1v) is 8.17. The van der Waals surface area contributed by atoms with E-state index in [4.69, 9.17) is 5.73 Å². The molecule has 0 fully saturated rings. The number of halogens is 2. The molecule has 0 amide bonds. The zero-order valence-electron chi connectivity index (χ0n) is 11.3. The van der Waals surface area contributed by atoms with Crippen LogP contribution in [0.1, 0.15) is 31.4 Å². The van der Waals surface area contributed by atoms with Crippen molar-refractivity contribution in [3.05, 3.63) is 29.8 Å². The third kappa shape index (κ3) is 5.42. The lowest BCUT2D eigenvalue weighted by atomic mass is 10.0. The number of sulfone groups is 1. The van der Waals surface area contributed by atoms with E-state index in [9.17, 15) is 17.2 Å². The number of rotatable bonds is 8. The van der Waals surface area contributed by atoms with Gasteiger partial charge in [-0.15, -0.1) is 0 Å². The summed E-state index contributed by atoms with van der Waals surface area (Å²) in [5.41, 5.74) is 6.38. The summed E-state index contributed by atoms with van der Waals surface area (Å²) in [4.78, 5) is 0. The molecule has 0 aliphatic rings. The van der Waals surface area contributed by atoms with Gasteiger partial charge >= 0.3 is 6.61 Å². The van der Waals surface area contributed by atoms with E-state index in [-0.39, 0.29) is 17.3 Å². The maximum atomic E-state index is 12.3. The highest BCUT2D eigenvalue weighted by Gasteiger charge is 2.16. The van der Waals surface area contributed by atoms with Crippen molar-refractivity contribution in [1.82, 2.24) is 0 Å². The lowest BCUT2D eigenvalue weighted by molar-refractivity contribution is -0.0506. The van der Waals surface area contributed by atoms with Crippen molar-refractivity contribution < 1.29 is 21.9 Å². The summed E-state index contributed by atoms with van der Waals surface area (Å²) in [6.45, 7) is -1.33. The van der Waals surface area contributed by atoms with Gasteiger partial charge in [0.2, 0.25) is 0 Å². The molecule has 0 spiro atoms. The molecule has 20 heavy (non-hydrogen) atoms. The number of ether oxygens (including phenoxy) is 1. The first-order chi connectivity index (χ1) is 9.35. The highest BCUT2D eigenvalue weighted by atomic mass is 32.2. The topological polar surface area (TPSA) is 69.4 Å². The summed E-state index contributed by atoms with van der Waals surface area (Å²) in [5, 5.41) is 0. The molecule has 0 saturated carbocycles. The highest BCUT2D eigenvalue weighted by Crippen LogP contribution is 2.27. The molecular formula is C13H19F2NO3S. The van der Waals surface area contributed by atoms with Gasteiger partial charge in [0.15, 0.2) is 0 Å². The van der Waals surface area contributed by atoms with E-state index in [2.05, 4.69) is 4.74 Å². The fourth-order valence-electron chi connectivity index (χ4n) is 1.81. The molecule has 0 radical (unpaired) electrons. The number of para-hydroxylation sites is 1. The minimum Gasteiger partial charge on any atom is -0.434 e. The summed E-state index contributed by atoms with van der Waals surface area (Å²) in [6, 6.07) is 5.75. The molecule has 1 aromatic rings. The minimum absolute atomic E-state index is 0.0355. The average molecular weight is 307 g/mol. The Morgan fingerprint density at radius 3 is 2.55 bits per heavy atom. The standard InChI is InChI=1S/C13H19F2NO3S/c1-2-20(17,18)9-5-7-11(16)10-6-3-4-8-12(10)19-13(14)15/h3-4,6,8,11,13H,2,5,7,9,16H2,1H3. The van der Waals surface area contributed by atoms with Crippen LogP contribution in [-0.2, 0) is 9.84 Å². The van der Waals surface area contributed by atoms with Gasteiger partial charge in [-0.25, -0.2) is 8.42 Å². The smallest absolute Gasteiger partial charge is 0.387 e. The molecular weight excluding hydrogens is 288 g/mol. The SMILES string of the molecule is CCS(=O)(=O)CCCC(N)c1ccccc1OC(F)F. The number of alkyl halides is 2. The first-order valence-electron chi connectivity index (χ1n) is 6.35. The van der Waals surface area contributed by atoms with Crippen molar-refractivity contribution in [3.63, 3.8) is 0 Å². The van der Waals surface area contributed by atoms with Gasteiger partial charge in [0.1, 0.15) is 15.6 Å². The maximum absolute atomic E-state index is 12.3. The second-order valence-electron chi connectivity index (χ2n) is 4.40. The molecule has 1 unspecified atom stereocenters. The molecule has 1 atom stereocenters. The zero-order valence-corrected chi connectivity index (χ0v) is 12.1. The Kier molecular flexibility index (Phi) is 6.35. The Hall–Kier alpha value is -1.21. The van der Waals surface area contributed by atoms with Crippen molar-refractivity contribution >= 4 is 9.84 Å². The van der Waals surface area contributed by atoms with Crippen LogP contribution in [0.4, 0.5) is 8.78 Å². The fourth-order valence-corrected chi connectivity index (χ4v) is 2.71. The molecule has 0 heterocycles. The van der Waals surface area contributed by atoms with Crippen molar-refractivity contribution in [3.8, 4) is 5.75 Å². The second-order valence-corrected chi connectivity index (χ2v) is 6.87. The summed E-state index contributed by atoms with van der Waals surface area (Å²) >= 11 is 0. The van der Waals surface area contributed by atoms with Crippen LogP contribution in [0.15, 0.2) is 24.3 Å². The summed E-state index contributed by atoms with van der Waals surface area (Å²) in [7, 11) is -3.03. The van der Waals surface area contributed by atoms with Crippen LogP contribution in [-0.4, -0.2) is 26.5 Å². The van der Waals surface area contributed by atoms with E-state index in [0.717, 1.165) is 0 Å². The van der Waals surface area contributed by atoms with Gasteiger partial charge in [-0.1, -0.05) is 25.1 Å². The van der Waals surface area contributed by atoms with Crippen molar-refractivity contribution in [1.29, 1.82) is 0 Å². The van der Waals surface area contributed by atoms with E-state index in [0.29, 0.717) is 18.4 Å². The van der Waals surface area contributed by atoms with Crippen LogP contribution >= 0.6 is 0 Å². The second kappa shape index (κ2) is 7.54. The summed E-state index contributed by atoms with van der Waals surface area (Å²) < 4.78 is 51.7. The first kappa shape index (κ1) is 16.8. The molecule has 0 bridgehead atoms. The van der Waals surface area contributed by atoms with Gasteiger partial charge in [-0.05, 0) is 18.9 Å². The van der Waals surface area contributed by atoms with E-state index in [1.54, 1.807) is 25.1 Å². The Balaban J connectivity index is 2.65. The van der Waals surface area contributed by atoms with Gasteiger partial charge in [-0.2, -0.15) is 8.78 Å². The summed E-state index contributed by atoms with van der Waals surface area (Å²) in [6.07, 6.45) is 0.781. The van der Waals surface area contributed by atoms with E-state index in [1.807, 2.05) is 0 Å². The predicted molar refractivity (Wildman–Crippen MR) is 73.6 cm³/mol. The highest BCUT2D eigenvalue weighted by molar-refractivity contribution is 7.91. The number of benzene rings is 1. The Bertz CT molecular complexity index is 520. The third-order valence-electron chi connectivity index (χ3n) is 2.94. The van der Waals surface area contributed by atoms with Crippen molar-refractivity contribution in [2.75, 3.05) is 11.5 Å². The van der Waals surface area contributed by atoms with Crippen molar-refractivity contribution in [2.45, 2.75) is 32.4 Å². The molecule has 0 aromatic heterocycles. The monoisotopic (exact) mass is 307 g/mol. The molecule has 2 N–H and O–H groups in total. The third-order valence-corrected chi connectivity index (χ3v) is 4.74. The van der Waals surface area contributed by atoms with Crippen LogP contribution in [0.5, 0.6) is 5.75 Å². The predicted octanol–water partition coefficient (Wildman–Crippen LogP) is 2.50. The van der Waals surface area contributed by atoms with Gasteiger partial charge in [0, 0.05) is 17.4 Å². The van der Waals surface area contributed by atoms with Gasteiger partial charge in [0.05, 0.1) is 5.75 Å². The lowest BCUT2D eigenvalue weighted by Gasteiger charge is -2.16. The maximum Gasteiger partial charge on any atom is 0.387 e. The van der Waals surface area contributed by atoms with Gasteiger partial charge in [-0.3, -0.25) is 0 Å². The van der Waals surface area contributed by atoms with E-state index < -0.39 is 22.5 Å². The van der Waals surface area contributed by atoms with Gasteiger partial charge in [0.25, 0.3) is 0 Å². The Morgan fingerprint density at radius 2 is 1.95 bits per heavy atom. The van der Waals surface area contributed by atoms with Crippen LogP contribution in [0.3, 0.4) is 0 Å². The number of hydrogen-bond donors (Lipinski definition) is 1. The largest absolute Gasteiger partial charge is 0.434 e. The number of nitrogens with two attached hydrogens (primary N) is 1. The van der Waals surface area contributed by atoms with Crippen LogP contribution in [0.2, 0.25) is 0 Å². The molecule has 1 aromatic carbocycles. The molecule has 0 aliphatic carbocycles. The van der Waals surface area contributed by atoms with Crippen LogP contribution in [0.25, 0.3) is 0 Å². The van der Waals surface area contributed by atoms with Gasteiger partial charge < -0.3 is 10.5 Å². The quantitative estimate of drug-likeness (QED) is 0.801. The van der Waals surface area contributed by atoms with Crippen LogP contribution in [0, 0.1) is 0 Å². The van der Waals surface area contributed by atoms with Crippen molar-refractivity contribution in [2.24, 2.45) is 5.73 Å². The zero-order chi connectivity index (χ0) is 15.2. The fraction of sp³-hybridized carbons (Fsp3) is 0.538. The minimum atomic E-state index is -3.03. The normalized spacial score (nSPS) is 13.4. The molecule has 7 heteroatoms.